The number of halogens is 3. The molecule has 1 aliphatic rings. The summed E-state index contributed by atoms with van der Waals surface area (Å²) in [7, 11) is 0. The van der Waals surface area contributed by atoms with Crippen molar-refractivity contribution in [2.45, 2.75) is 13.1 Å². The van der Waals surface area contributed by atoms with E-state index in [-0.39, 0.29) is 5.91 Å². The van der Waals surface area contributed by atoms with Crippen molar-refractivity contribution in [2.24, 2.45) is 0 Å². The zero-order valence-electron chi connectivity index (χ0n) is 15.3. The molecule has 3 rings (SSSR count). The molecule has 1 aromatic carbocycles. The molecule has 2 heterocycles. The van der Waals surface area contributed by atoms with Gasteiger partial charge in [0, 0.05) is 44.3 Å². The van der Waals surface area contributed by atoms with E-state index in [1.807, 2.05) is 4.90 Å². The van der Waals surface area contributed by atoms with Gasteiger partial charge in [0.05, 0.1) is 5.56 Å². The van der Waals surface area contributed by atoms with E-state index in [1.54, 1.807) is 24.1 Å². The molecule has 2 aromatic rings. The maximum atomic E-state index is 12.7. The molecule has 1 saturated heterocycles. The molecule has 28 heavy (non-hydrogen) atoms. The van der Waals surface area contributed by atoms with E-state index in [0.717, 1.165) is 12.1 Å². The monoisotopic (exact) mass is 391 g/mol. The van der Waals surface area contributed by atoms with Crippen molar-refractivity contribution < 1.29 is 18.0 Å². The minimum atomic E-state index is -4.37. The number of rotatable bonds is 4. The minimum absolute atomic E-state index is 0.0237. The predicted octanol–water partition coefficient (Wildman–Crippen LogP) is 3.46. The van der Waals surface area contributed by atoms with Gasteiger partial charge in [-0.1, -0.05) is 6.08 Å². The third-order valence-corrected chi connectivity index (χ3v) is 4.35. The minimum Gasteiger partial charge on any atom is -0.350 e. The first-order valence-corrected chi connectivity index (χ1v) is 8.80. The number of hydrogen-bond donors (Lipinski definition) is 1. The normalized spacial score (nSPS) is 15.1. The van der Waals surface area contributed by atoms with E-state index >= 15 is 0 Å². The van der Waals surface area contributed by atoms with Gasteiger partial charge in [0.15, 0.2) is 11.6 Å². The smallest absolute Gasteiger partial charge is 0.350 e. The molecule has 148 valence electrons. The summed E-state index contributed by atoms with van der Waals surface area (Å²) in [5.41, 5.74) is -0.226. The summed E-state index contributed by atoms with van der Waals surface area (Å²) in [5, 5.41) is 3.03. The molecule has 0 saturated carbocycles. The fourth-order valence-electron chi connectivity index (χ4n) is 2.92. The lowest BCUT2D eigenvalue weighted by atomic mass is 10.2. The van der Waals surface area contributed by atoms with Gasteiger partial charge in [-0.15, -0.1) is 0 Å². The molecule has 1 amide bonds. The van der Waals surface area contributed by atoms with Gasteiger partial charge in [-0.3, -0.25) is 4.79 Å². The first kappa shape index (κ1) is 19.7. The van der Waals surface area contributed by atoms with E-state index in [1.165, 1.54) is 24.4 Å². The second-order valence-electron chi connectivity index (χ2n) is 6.24. The van der Waals surface area contributed by atoms with Gasteiger partial charge in [-0.25, -0.2) is 9.97 Å². The number of amides is 1. The molecule has 1 aliphatic heterocycles. The standard InChI is InChI=1S/C19H20F3N5O/c1-2-3-16(28)26-10-12-27(13-11-26)18-17(23-8-9-24-18)25-15-6-4-14(5-7-15)19(20,21)22/h2-9H,10-13H2,1H3,(H,23,25). The summed E-state index contributed by atoms with van der Waals surface area (Å²) in [5.74, 6) is 1.03. The number of carbonyl (C=O) groups excluding carboxylic acids is 1. The van der Waals surface area contributed by atoms with Gasteiger partial charge in [0.1, 0.15) is 0 Å². The average molecular weight is 391 g/mol. The maximum Gasteiger partial charge on any atom is 0.416 e. The summed E-state index contributed by atoms with van der Waals surface area (Å²) in [4.78, 5) is 24.3. The van der Waals surface area contributed by atoms with Crippen LogP contribution in [0.2, 0.25) is 0 Å². The first-order valence-electron chi connectivity index (χ1n) is 8.80. The Morgan fingerprint density at radius 1 is 1.07 bits per heavy atom. The lowest BCUT2D eigenvalue weighted by Gasteiger charge is -2.35. The second kappa shape index (κ2) is 8.28. The molecular weight excluding hydrogens is 371 g/mol. The van der Waals surface area contributed by atoms with Crippen LogP contribution in [0.15, 0.2) is 48.8 Å². The zero-order chi connectivity index (χ0) is 20.1. The number of allylic oxidation sites excluding steroid dienone is 1. The third-order valence-electron chi connectivity index (χ3n) is 4.35. The van der Waals surface area contributed by atoms with Crippen LogP contribution < -0.4 is 10.2 Å². The Labute approximate surface area is 160 Å². The van der Waals surface area contributed by atoms with Crippen molar-refractivity contribution in [1.82, 2.24) is 14.9 Å². The molecule has 0 unspecified atom stereocenters. The SMILES string of the molecule is CC=CC(=O)N1CCN(c2nccnc2Nc2ccc(C(F)(F)F)cc2)CC1. The Morgan fingerprint density at radius 3 is 2.32 bits per heavy atom. The number of carbonyl (C=O) groups is 1. The van der Waals surface area contributed by atoms with Gasteiger partial charge in [0.25, 0.3) is 0 Å². The van der Waals surface area contributed by atoms with E-state index < -0.39 is 11.7 Å². The van der Waals surface area contributed by atoms with E-state index in [0.29, 0.717) is 43.5 Å². The maximum absolute atomic E-state index is 12.7. The molecule has 1 aromatic heterocycles. The molecule has 0 aliphatic carbocycles. The van der Waals surface area contributed by atoms with Gasteiger partial charge in [-0.05, 0) is 37.3 Å². The molecule has 0 atom stereocenters. The highest BCUT2D eigenvalue weighted by molar-refractivity contribution is 5.87. The van der Waals surface area contributed by atoms with Crippen LogP contribution in [0.1, 0.15) is 12.5 Å². The van der Waals surface area contributed by atoms with Crippen LogP contribution in [0.3, 0.4) is 0 Å². The molecule has 0 spiro atoms. The van der Waals surface area contributed by atoms with Crippen LogP contribution in [0.5, 0.6) is 0 Å². The molecule has 0 bridgehead atoms. The highest BCUT2D eigenvalue weighted by atomic mass is 19.4. The largest absolute Gasteiger partial charge is 0.416 e. The molecule has 6 nitrogen and oxygen atoms in total. The Bertz CT molecular complexity index is 843. The van der Waals surface area contributed by atoms with Crippen molar-refractivity contribution in [2.75, 3.05) is 36.4 Å². The van der Waals surface area contributed by atoms with Gasteiger partial charge in [-0.2, -0.15) is 13.2 Å². The van der Waals surface area contributed by atoms with Crippen molar-refractivity contribution in [3.8, 4) is 0 Å². The van der Waals surface area contributed by atoms with E-state index in [4.69, 9.17) is 0 Å². The Kier molecular flexibility index (Phi) is 5.81. The molecular formula is C19H20F3N5O. The Morgan fingerprint density at radius 2 is 1.71 bits per heavy atom. The number of nitrogens with zero attached hydrogens (tertiary/aromatic N) is 4. The number of nitrogens with one attached hydrogen (secondary N) is 1. The number of piperazine rings is 1. The average Bonchev–Trinajstić information content (AvgIpc) is 2.68. The lowest BCUT2D eigenvalue weighted by Crippen LogP contribution is -2.48. The van der Waals surface area contributed by atoms with Crippen LogP contribution in [-0.2, 0) is 11.0 Å². The van der Waals surface area contributed by atoms with Gasteiger partial charge >= 0.3 is 6.18 Å². The van der Waals surface area contributed by atoms with E-state index in [2.05, 4.69) is 15.3 Å². The fraction of sp³-hybridized carbons (Fsp3) is 0.316. The second-order valence-corrected chi connectivity index (χ2v) is 6.24. The summed E-state index contributed by atoms with van der Waals surface area (Å²) in [6.07, 6.45) is 1.95. The summed E-state index contributed by atoms with van der Waals surface area (Å²) < 4.78 is 38.1. The fourth-order valence-corrected chi connectivity index (χ4v) is 2.92. The van der Waals surface area contributed by atoms with E-state index in [9.17, 15) is 18.0 Å². The number of aromatic nitrogens is 2. The number of benzene rings is 1. The highest BCUT2D eigenvalue weighted by Crippen LogP contribution is 2.31. The quantitative estimate of drug-likeness (QED) is 0.809. The zero-order valence-corrected chi connectivity index (χ0v) is 15.3. The third kappa shape index (κ3) is 4.59. The summed E-state index contributed by atoms with van der Waals surface area (Å²) in [6, 6.07) is 4.75. The van der Waals surface area contributed by atoms with Crippen LogP contribution in [0, 0.1) is 0 Å². The van der Waals surface area contributed by atoms with Crippen molar-refractivity contribution in [1.29, 1.82) is 0 Å². The lowest BCUT2D eigenvalue weighted by molar-refractivity contribution is -0.137. The van der Waals surface area contributed by atoms with Crippen molar-refractivity contribution in [3.05, 3.63) is 54.4 Å². The van der Waals surface area contributed by atoms with Crippen LogP contribution >= 0.6 is 0 Å². The van der Waals surface area contributed by atoms with Crippen LogP contribution in [0.4, 0.5) is 30.5 Å². The Hall–Kier alpha value is -3.10. The molecule has 9 heteroatoms. The highest BCUT2D eigenvalue weighted by Gasteiger charge is 2.30. The molecule has 1 fully saturated rings. The molecule has 1 N–H and O–H groups in total. The number of alkyl halides is 3. The van der Waals surface area contributed by atoms with Crippen molar-refractivity contribution in [3.63, 3.8) is 0 Å². The van der Waals surface area contributed by atoms with Gasteiger partial charge in [0.2, 0.25) is 5.91 Å². The first-order chi connectivity index (χ1) is 13.4. The predicted molar refractivity (Wildman–Crippen MR) is 100 cm³/mol. The Balaban J connectivity index is 1.71. The van der Waals surface area contributed by atoms with Crippen LogP contribution in [0.25, 0.3) is 0 Å². The van der Waals surface area contributed by atoms with Gasteiger partial charge < -0.3 is 15.1 Å². The topological polar surface area (TPSA) is 61.4 Å². The summed E-state index contributed by atoms with van der Waals surface area (Å²) >= 11 is 0. The van der Waals surface area contributed by atoms with Crippen LogP contribution in [-0.4, -0.2) is 47.0 Å². The van der Waals surface area contributed by atoms with Crippen molar-refractivity contribution >= 4 is 23.2 Å². The molecule has 0 radical (unpaired) electrons. The summed E-state index contributed by atoms with van der Waals surface area (Å²) in [6.45, 7) is 4.08. The number of hydrogen-bond acceptors (Lipinski definition) is 5. The number of anilines is 3.